The van der Waals surface area contributed by atoms with Crippen LogP contribution in [0.25, 0.3) is 22.7 Å². The van der Waals surface area contributed by atoms with Crippen molar-refractivity contribution in [2.24, 2.45) is 0 Å². The molecule has 0 radical (unpaired) electrons. The van der Waals surface area contributed by atoms with Crippen molar-refractivity contribution in [3.63, 3.8) is 0 Å². The van der Waals surface area contributed by atoms with E-state index in [1.54, 1.807) is 18.2 Å². The SMILES string of the molecule is N#Cc1cccc(/C=C(\CCC(=O)O)c2nc3ccccc3o2)c1. The lowest BCUT2D eigenvalue weighted by atomic mass is 10.0. The van der Waals surface area contributed by atoms with Gasteiger partial charge in [0.1, 0.15) is 5.52 Å². The minimum atomic E-state index is -0.886. The minimum Gasteiger partial charge on any atom is -0.481 e. The summed E-state index contributed by atoms with van der Waals surface area (Å²) in [6, 6.07) is 16.6. The highest BCUT2D eigenvalue weighted by Crippen LogP contribution is 2.26. The Balaban J connectivity index is 2.03. The molecule has 0 amide bonds. The number of carboxylic acids is 1. The molecule has 0 aliphatic rings. The van der Waals surface area contributed by atoms with E-state index in [4.69, 9.17) is 14.8 Å². The summed E-state index contributed by atoms with van der Waals surface area (Å²) in [7, 11) is 0. The molecule has 118 valence electrons. The number of aromatic nitrogens is 1. The van der Waals surface area contributed by atoms with E-state index in [1.165, 1.54) is 0 Å². The molecule has 24 heavy (non-hydrogen) atoms. The van der Waals surface area contributed by atoms with Gasteiger partial charge in [-0.15, -0.1) is 0 Å². The van der Waals surface area contributed by atoms with Crippen LogP contribution in [0.1, 0.15) is 29.9 Å². The third kappa shape index (κ3) is 3.50. The normalized spacial score (nSPS) is 11.4. The maximum atomic E-state index is 10.9. The summed E-state index contributed by atoms with van der Waals surface area (Å²) in [5, 5.41) is 18.0. The average Bonchev–Trinajstić information content (AvgIpc) is 3.02. The van der Waals surface area contributed by atoms with E-state index in [1.807, 2.05) is 36.4 Å². The molecule has 1 aromatic heterocycles. The molecule has 0 fully saturated rings. The topological polar surface area (TPSA) is 87.1 Å². The number of para-hydroxylation sites is 2. The lowest BCUT2D eigenvalue weighted by Gasteiger charge is -2.02. The molecule has 2 aromatic carbocycles. The van der Waals surface area contributed by atoms with Gasteiger partial charge in [0.25, 0.3) is 0 Å². The number of allylic oxidation sites excluding steroid dienone is 1. The number of carbonyl (C=O) groups is 1. The quantitative estimate of drug-likeness (QED) is 0.765. The Bertz CT molecular complexity index is 931. The Morgan fingerprint density at radius 2 is 2.04 bits per heavy atom. The molecular formula is C19H14N2O3. The fourth-order valence-corrected chi connectivity index (χ4v) is 2.39. The van der Waals surface area contributed by atoms with E-state index < -0.39 is 5.97 Å². The maximum Gasteiger partial charge on any atom is 0.303 e. The van der Waals surface area contributed by atoms with Crippen LogP contribution >= 0.6 is 0 Å². The number of hydrogen-bond acceptors (Lipinski definition) is 4. The number of aliphatic carboxylic acids is 1. The predicted octanol–water partition coefficient (Wildman–Crippen LogP) is 4.10. The minimum absolute atomic E-state index is 0.0253. The van der Waals surface area contributed by atoms with Gasteiger partial charge >= 0.3 is 5.97 Å². The van der Waals surface area contributed by atoms with Crippen LogP contribution in [0.15, 0.2) is 52.9 Å². The van der Waals surface area contributed by atoms with Crippen molar-refractivity contribution in [1.29, 1.82) is 5.26 Å². The Labute approximate surface area is 138 Å². The van der Waals surface area contributed by atoms with E-state index >= 15 is 0 Å². The van der Waals surface area contributed by atoms with Gasteiger partial charge in [0.05, 0.1) is 11.6 Å². The Morgan fingerprint density at radius 3 is 2.79 bits per heavy atom. The van der Waals surface area contributed by atoms with Crippen molar-refractivity contribution in [3.05, 3.63) is 65.5 Å². The number of oxazole rings is 1. The molecule has 0 aliphatic carbocycles. The van der Waals surface area contributed by atoms with Gasteiger partial charge in [-0.05, 0) is 42.3 Å². The molecule has 1 N–H and O–H groups in total. The van der Waals surface area contributed by atoms with Crippen molar-refractivity contribution in [3.8, 4) is 6.07 Å². The molecule has 0 bridgehead atoms. The zero-order chi connectivity index (χ0) is 16.9. The van der Waals surface area contributed by atoms with Gasteiger partial charge in [0.15, 0.2) is 5.58 Å². The summed E-state index contributed by atoms with van der Waals surface area (Å²) in [5.41, 5.74) is 3.40. The van der Waals surface area contributed by atoms with Crippen LogP contribution in [-0.2, 0) is 4.79 Å². The van der Waals surface area contributed by atoms with Crippen molar-refractivity contribution in [2.45, 2.75) is 12.8 Å². The van der Waals surface area contributed by atoms with E-state index in [0.717, 1.165) is 11.1 Å². The lowest BCUT2D eigenvalue weighted by Crippen LogP contribution is -1.96. The number of rotatable bonds is 5. The Kier molecular flexibility index (Phi) is 4.39. The van der Waals surface area contributed by atoms with Gasteiger partial charge in [-0.2, -0.15) is 5.26 Å². The molecule has 3 rings (SSSR count). The van der Waals surface area contributed by atoms with E-state index in [-0.39, 0.29) is 6.42 Å². The Morgan fingerprint density at radius 1 is 1.21 bits per heavy atom. The van der Waals surface area contributed by atoms with Crippen LogP contribution in [0.4, 0.5) is 0 Å². The molecule has 3 aromatic rings. The summed E-state index contributed by atoms with van der Waals surface area (Å²) in [6.07, 6.45) is 2.08. The number of benzene rings is 2. The number of nitriles is 1. The number of hydrogen-bond donors (Lipinski definition) is 1. The fraction of sp³-hybridized carbons (Fsp3) is 0.105. The summed E-state index contributed by atoms with van der Waals surface area (Å²) in [5.74, 6) is -0.484. The predicted molar refractivity (Wildman–Crippen MR) is 89.9 cm³/mol. The molecule has 1 heterocycles. The van der Waals surface area contributed by atoms with Gasteiger partial charge in [-0.25, -0.2) is 4.98 Å². The smallest absolute Gasteiger partial charge is 0.303 e. The van der Waals surface area contributed by atoms with Gasteiger partial charge in [0, 0.05) is 12.0 Å². The molecular weight excluding hydrogens is 304 g/mol. The summed E-state index contributed by atoms with van der Waals surface area (Å²) >= 11 is 0. The van der Waals surface area contributed by atoms with Gasteiger partial charge in [-0.3, -0.25) is 4.79 Å². The molecule has 0 spiro atoms. The molecule has 0 saturated carbocycles. The van der Waals surface area contributed by atoms with Crippen LogP contribution in [0, 0.1) is 11.3 Å². The van der Waals surface area contributed by atoms with Crippen LogP contribution in [0.5, 0.6) is 0 Å². The highest BCUT2D eigenvalue weighted by Gasteiger charge is 2.12. The number of nitrogens with zero attached hydrogens (tertiary/aromatic N) is 2. The van der Waals surface area contributed by atoms with Crippen LogP contribution < -0.4 is 0 Å². The molecule has 0 saturated heterocycles. The van der Waals surface area contributed by atoms with E-state index in [9.17, 15) is 4.79 Å². The second kappa shape index (κ2) is 6.80. The number of fused-ring (bicyclic) bond motifs is 1. The second-order valence-corrected chi connectivity index (χ2v) is 5.29. The first-order chi connectivity index (χ1) is 11.7. The van der Waals surface area contributed by atoms with Crippen LogP contribution in [0.2, 0.25) is 0 Å². The molecule has 5 nitrogen and oxygen atoms in total. The lowest BCUT2D eigenvalue weighted by molar-refractivity contribution is -0.136. The van der Waals surface area contributed by atoms with Crippen molar-refractivity contribution >= 4 is 28.7 Å². The Hall–Kier alpha value is -3.39. The monoisotopic (exact) mass is 318 g/mol. The highest BCUT2D eigenvalue weighted by molar-refractivity contribution is 5.83. The van der Waals surface area contributed by atoms with Gasteiger partial charge in [0.2, 0.25) is 5.89 Å². The molecule has 0 aliphatic heterocycles. The third-order valence-corrected chi connectivity index (χ3v) is 3.53. The van der Waals surface area contributed by atoms with Crippen molar-refractivity contribution in [1.82, 2.24) is 4.98 Å². The fourth-order valence-electron chi connectivity index (χ4n) is 2.39. The van der Waals surface area contributed by atoms with Crippen molar-refractivity contribution < 1.29 is 14.3 Å². The molecule has 0 unspecified atom stereocenters. The van der Waals surface area contributed by atoms with Gasteiger partial charge in [-0.1, -0.05) is 24.3 Å². The largest absolute Gasteiger partial charge is 0.481 e. The highest BCUT2D eigenvalue weighted by atomic mass is 16.4. The zero-order valence-electron chi connectivity index (χ0n) is 12.8. The summed E-state index contributed by atoms with van der Waals surface area (Å²) in [4.78, 5) is 15.4. The first kappa shape index (κ1) is 15.5. The van der Waals surface area contributed by atoms with E-state index in [2.05, 4.69) is 11.1 Å². The first-order valence-corrected chi connectivity index (χ1v) is 7.44. The number of carboxylic acid groups (broad SMARTS) is 1. The van der Waals surface area contributed by atoms with Crippen LogP contribution in [0.3, 0.4) is 0 Å². The third-order valence-electron chi connectivity index (χ3n) is 3.53. The van der Waals surface area contributed by atoms with E-state index in [0.29, 0.717) is 29.0 Å². The zero-order valence-corrected chi connectivity index (χ0v) is 12.8. The maximum absolute atomic E-state index is 10.9. The first-order valence-electron chi connectivity index (χ1n) is 7.44. The summed E-state index contributed by atoms with van der Waals surface area (Å²) < 4.78 is 5.75. The molecule has 5 heteroatoms. The average molecular weight is 318 g/mol. The molecule has 0 atom stereocenters. The van der Waals surface area contributed by atoms with Crippen molar-refractivity contribution in [2.75, 3.05) is 0 Å². The van der Waals surface area contributed by atoms with Gasteiger partial charge < -0.3 is 9.52 Å². The summed E-state index contributed by atoms with van der Waals surface area (Å²) in [6.45, 7) is 0. The standard InChI is InChI=1S/C19H14N2O3/c20-12-14-5-3-4-13(10-14)11-15(8-9-18(22)23)19-21-16-6-1-2-7-17(16)24-19/h1-7,10-11H,8-9H2,(H,22,23)/b15-11+. The van der Waals surface area contributed by atoms with Crippen LogP contribution in [-0.4, -0.2) is 16.1 Å². The second-order valence-electron chi connectivity index (χ2n) is 5.29.